The van der Waals surface area contributed by atoms with Gasteiger partial charge in [-0.15, -0.1) is 0 Å². The smallest absolute Gasteiger partial charge is 0.239 e. The van der Waals surface area contributed by atoms with Crippen LogP contribution in [0.2, 0.25) is 0 Å². The molecule has 2 amide bonds. The highest BCUT2D eigenvalue weighted by atomic mass is 16.2. The van der Waals surface area contributed by atoms with Gasteiger partial charge in [-0.25, -0.2) is 0 Å². The van der Waals surface area contributed by atoms with Crippen LogP contribution in [0.25, 0.3) is 0 Å². The van der Waals surface area contributed by atoms with Gasteiger partial charge in [-0.3, -0.25) is 14.9 Å². The van der Waals surface area contributed by atoms with E-state index in [0.717, 1.165) is 25.9 Å². The summed E-state index contributed by atoms with van der Waals surface area (Å²) in [5.74, 6) is -0.394. The summed E-state index contributed by atoms with van der Waals surface area (Å²) in [6.45, 7) is 6.80. The van der Waals surface area contributed by atoms with Gasteiger partial charge in [0.05, 0.1) is 11.6 Å². The van der Waals surface area contributed by atoms with Crippen LogP contribution in [0.4, 0.5) is 0 Å². The van der Waals surface area contributed by atoms with E-state index in [-0.39, 0.29) is 11.9 Å². The first-order chi connectivity index (χ1) is 7.84. The first-order valence-electron chi connectivity index (χ1n) is 6.21. The van der Waals surface area contributed by atoms with Crippen molar-refractivity contribution in [3.8, 4) is 0 Å². The molecular formula is C12H23N3O2. The summed E-state index contributed by atoms with van der Waals surface area (Å²) >= 11 is 0. The van der Waals surface area contributed by atoms with E-state index < -0.39 is 11.4 Å². The van der Waals surface area contributed by atoms with Crippen molar-refractivity contribution in [1.29, 1.82) is 0 Å². The molecule has 5 nitrogen and oxygen atoms in total. The predicted octanol–water partition coefficient (Wildman–Crippen LogP) is 0.241. The lowest BCUT2D eigenvalue weighted by Gasteiger charge is -2.32. The van der Waals surface area contributed by atoms with E-state index >= 15 is 0 Å². The van der Waals surface area contributed by atoms with Crippen molar-refractivity contribution in [2.45, 2.75) is 51.6 Å². The number of likely N-dealkylation sites (tertiary alicyclic amines) is 1. The van der Waals surface area contributed by atoms with Crippen LogP contribution in [0.15, 0.2) is 0 Å². The van der Waals surface area contributed by atoms with Crippen molar-refractivity contribution >= 4 is 11.8 Å². The molecule has 0 aliphatic carbocycles. The van der Waals surface area contributed by atoms with Crippen molar-refractivity contribution in [3.05, 3.63) is 0 Å². The van der Waals surface area contributed by atoms with Crippen molar-refractivity contribution in [1.82, 2.24) is 10.2 Å². The molecule has 5 heteroatoms. The quantitative estimate of drug-likeness (QED) is 0.740. The van der Waals surface area contributed by atoms with Crippen LogP contribution in [0, 0.1) is 0 Å². The molecule has 98 valence electrons. The molecule has 1 unspecified atom stereocenters. The summed E-state index contributed by atoms with van der Waals surface area (Å²) in [6, 6.07) is -0.379. The van der Waals surface area contributed by atoms with E-state index in [2.05, 4.69) is 5.32 Å². The number of nitrogens with two attached hydrogens (primary N) is 1. The van der Waals surface area contributed by atoms with E-state index in [1.54, 1.807) is 20.8 Å². The number of carbonyl (C=O) groups excluding carboxylic acids is 2. The zero-order valence-corrected chi connectivity index (χ0v) is 11.0. The van der Waals surface area contributed by atoms with Gasteiger partial charge in [0.2, 0.25) is 11.8 Å². The second-order valence-electron chi connectivity index (χ2n) is 5.24. The molecule has 1 heterocycles. The summed E-state index contributed by atoms with van der Waals surface area (Å²) < 4.78 is 0. The van der Waals surface area contributed by atoms with Crippen molar-refractivity contribution < 1.29 is 9.59 Å². The van der Waals surface area contributed by atoms with E-state index in [0.29, 0.717) is 0 Å². The van der Waals surface area contributed by atoms with Crippen LogP contribution >= 0.6 is 0 Å². The average Bonchev–Trinajstić information content (AvgIpc) is 2.28. The zero-order chi connectivity index (χ0) is 13.1. The molecule has 3 N–H and O–H groups in total. The fraction of sp³-hybridized carbons (Fsp3) is 0.833. The molecule has 0 aromatic rings. The summed E-state index contributed by atoms with van der Waals surface area (Å²) in [5, 5.41) is 2.99. The molecule has 1 aliphatic rings. The maximum atomic E-state index is 12.1. The van der Waals surface area contributed by atoms with Gasteiger partial charge in [0.25, 0.3) is 0 Å². The number of piperidine rings is 1. The highest BCUT2D eigenvalue weighted by Gasteiger charge is 2.31. The molecule has 0 spiro atoms. The number of nitrogens with one attached hydrogen (secondary N) is 1. The molecule has 17 heavy (non-hydrogen) atoms. The van der Waals surface area contributed by atoms with E-state index in [1.165, 1.54) is 6.42 Å². The van der Waals surface area contributed by atoms with Gasteiger partial charge in [0.1, 0.15) is 0 Å². The van der Waals surface area contributed by atoms with Gasteiger partial charge in [-0.05, 0) is 40.0 Å². The molecule has 1 fully saturated rings. The van der Waals surface area contributed by atoms with E-state index in [1.807, 2.05) is 4.90 Å². The first kappa shape index (κ1) is 14.0. The first-order valence-corrected chi connectivity index (χ1v) is 6.21. The molecule has 1 rings (SSSR count). The molecule has 1 saturated heterocycles. The highest BCUT2D eigenvalue weighted by Crippen LogP contribution is 2.11. The minimum atomic E-state index is -0.856. The van der Waals surface area contributed by atoms with Crippen LogP contribution in [-0.2, 0) is 9.59 Å². The Morgan fingerprint density at radius 2 is 1.76 bits per heavy atom. The van der Waals surface area contributed by atoms with Crippen LogP contribution in [0.5, 0.6) is 0 Å². The summed E-state index contributed by atoms with van der Waals surface area (Å²) in [4.78, 5) is 25.2. The molecule has 0 saturated carbocycles. The third-order valence-electron chi connectivity index (χ3n) is 3.23. The number of hydrogen-bond acceptors (Lipinski definition) is 3. The molecule has 0 bridgehead atoms. The second kappa shape index (κ2) is 5.49. The van der Waals surface area contributed by atoms with Crippen molar-refractivity contribution in [2.24, 2.45) is 5.73 Å². The monoisotopic (exact) mass is 241 g/mol. The Kier molecular flexibility index (Phi) is 4.51. The summed E-state index contributed by atoms with van der Waals surface area (Å²) in [5.41, 5.74) is 4.41. The predicted molar refractivity (Wildman–Crippen MR) is 66.3 cm³/mol. The van der Waals surface area contributed by atoms with Crippen molar-refractivity contribution in [3.63, 3.8) is 0 Å². The van der Waals surface area contributed by atoms with Crippen molar-refractivity contribution in [2.75, 3.05) is 13.1 Å². The Morgan fingerprint density at radius 3 is 2.24 bits per heavy atom. The Balaban J connectivity index is 2.54. The summed E-state index contributed by atoms with van der Waals surface area (Å²) in [7, 11) is 0. The third-order valence-corrected chi connectivity index (χ3v) is 3.23. The van der Waals surface area contributed by atoms with Crippen LogP contribution in [0.1, 0.15) is 40.0 Å². The number of carbonyl (C=O) groups is 2. The number of nitrogens with zero attached hydrogens (tertiary/aromatic N) is 1. The number of hydrogen-bond donors (Lipinski definition) is 2. The van der Waals surface area contributed by atoms with Gasteiger partial charge >= 0.3 is 0 Å². The van der Waals surface area contributed by atoms with Gasteiger partial charge in [0.15, 0.2) is 0 Å². The highest BCUT2D eigenvalue weighted by molar-refractivity contribution is 5.86. The van der Waals surface area contributed by atoms with Gasteiger partial charge in [-0.2, -0.15) is 0 Å². The van der Waals surface area contributed by atoms with E-state index in [4.69, 9.17) is 5.73 Å². The number of primary amides is 1. The minimum absolute atomic E-state index is 0.0547. The van der Waals surface area contributed by atoms with Crippen LogP contribution in [0.3, 0.4) is 0 Å². The average molecular weight is 241 g/mol. The third kappa shape index (κ3) is 3.70. The topological polar surface area (TPSA) is 75.4 Å². The van der Waals surface area contributed by atoms with Gasteiger partial charge in [-0.1, -0.05) is 0 Å². The largest absolute Gasteiger partial charge is 0.368 e. The number of rotatable bonds is 4. The lowest BCUT2D eigenvalue weighted by Crippen LogP contribution is -2.58. The fourth-order valence-electron chi connectivity index (χ4n) is 2.06. The molecule has 0 radical (unpaired) electrons. The molecule has 1 aliphatic heterocycles. The maximum Gasteiger partial charge on any atom is 0.239 e. The Morgan fingerprint density at radius 1 is 1.24 bits per heavy atom. The normalized spacial score (nSPS) is 18.9. The standard InChI is InChI=1S/C12H23N3O2/c1-9(14-12(2,3)11(13)17)10(16)15-7-5-4-6-8-15/h9,14H,4-8H2,1-3H3,(H2,13,17). The molecule has 0 aromatic heterocycles. The minimum Gasteiger partial charge on any atom is -0.368 e. The number of amides is 2. The lowest BCUT2D eigenvalue weighted by molar-refractivity contribution is -0.135. The summed E-state index contributed by atoms with van der Waals surface area (Å²) in [6.07, 6.45) is 3.33. The van der Waals surface area contributed by atoms with E-state index in [9.17, 15) is 9.59 Å². The second-order valence-corrected chi connectivity index (χ2v) is 5.24. The van der Waals surface area contributed by atoms with Crippen LogP contribution < -0.4 is 11.1 Å². The molecule has 1 atom stereocenters. The lowest BCUT2D eigenvalue weighted by atomic mass is 10.0. The fourth-order valence-corrected chi connectivity index (χ4v) is 2.06. The molecular weight excluding hydrogens is 218 g/mol. The van der Waals surface area contributed by atoms with Crippen LogP contribution in [-0.4, -0.2) is 41.4 Å². The maximum absolute atomic E-state index is 12.1. The van der Waals surface area contributed by atoms with Gasteiger partial charge < -0.3 is 10.6 Å². The Labute approximate surface area is 103 Å². The SMILES string of the molecule is CC(NC(C)(C)C(N)=O)C(=O)N1CCCCC1. The van der Waals surface area contributed by atoms with Gasteiger partial charge in [0, 0.05) is 13.1 Å². The Bertz CT molecular complexity index is 296. The zero-order valence-electron chi connectivity index (χ0n) is 11.0. The molecule has 0 aromatic carbocycles. The Hall–Kier alpha value is -1.10.